The summed E-state index contributed by atoms with van der Waals surface area (Å²) in [7, 11) is 1.25. The van der Waals surface area contributed by atoms with Gasteiger partial charge in [-0.15, -0.1) is 6.58 Å². The zero-order chi connectivity index (χ0) is 14.6. The first-order valence-corrected chi connectivity index (χ1v) is 6.21. The highest BCUT2D eigenvalue weighted by Gasteiger charge is 2.38. The lowest BCUT2D eigenvalue weighted by Gasteiger charge is -2.29. The van der Waals surface area contributed by atoms with E-state index in [1.807, 2.05) is 0 Å². The normalized spacial score (nSPS) is 13.7. The molecule has 0 fully saturated rings. The summed E-state index contributed by atoms with van der Waals surface area (Å²) in [6.07, 6.45) is 1.57. The van der Waals surface area contributed by atoms with Gasteiger partial charge < -0.3 is 4.74 Å². The molecule has 0 aromatic heterocycles. The van der Waals surface area contributed by atoms with Gasteiger partial charge in [0, 0.05) is 17.1 Å². The van der Waals surface area contributed by atoms with Crippen LogP contribution in [0.5, 0.6) is 0 Å². The molecule has 6 heteroatoms. The van der Waals surface area contributed by atoms with Crippen molar-refractivity contribution in [3.8, 4) is 0 Å². The van der Waals surface area contributed by atoms with Gasteiger partial charge in [0.05, 0.1) is 12.1 Å². The second-order valence-corrected chi connectivity index (χ2v) is 4.85. The molecule has 0 amide bonds. The number of hydrogen-bond donors (Lipinski definition) is 1. The van der Waals surface area contributed by atoms with Crippen molar-refractivity contribution in [1.82, 2.24) is 5.32 Å². The van der Waals surface area contributed by atoms with Crippen LogP contribution in [0.1, 0.15) is 12.5 Å². The Balaban J connectivity index is 3.36. The number of carbonyl (C=O) groups excluding carboxylic acids is 1. The van der Waals surface area contributed by atoms with Crippen LogP contribution < -0.4 is 5.32 Å². The van der Waals surface area contributed by atoms with E-state index in [2.05, 4.69) is 11.9 Å². The molecule has 0 heterocycles. The average molecular weight is 306 g/mol. The van der Waals surface area contributed by atoms with Crippen LogP contribution in [0.25, 0.3) is 0 Å². The molecule has 0 bridgehead atoms. The second kappa shape index (κ2) is 6.37. The van der Waals surface area contributed by atoms with Gasteiger partial charge in [-0.05, 0) is 19.1 Å². The summed E-state index contributed by atoms with van der Waals surface area (Å²) in [6.45, 7) is 5.43. The van der Waals surface area contributed by atoms with Crippen molar-refractivity contribution in [3.63, 3.8) is 0 Å². The zero-order valence-corrected chi connectivity index (χ0v) is 12.1. The highest BCUT2D eigenvalue weighted by molar-refractivity contribution is 6.35. The van der Waals surface area contributed by atoms with E-state index < -0.39 is 17.3 Å². The minimum absolute atomic E-state index is 0.107. The number of carbonyl (C=O) groups is 1. The Hall–Kier alpha value is -1.10. The van der Waals surface area contributed by atoms with Crippen molar-refractivity contribution in [2.24, 2.45) is 0 Å². The van der Waals surface area contributed by atoms with Gasteiger partial charge in [0.15, 0.2) is 0 Å². The van der Waals surface area contributed by atoms with Gasteiger partial charge in [0.1, 0.15) is 11.4 Å². The van der Waals surface area contributed by atoms with Crippen LogP contribution in [0.4, 0.5) is 4.39 Å². The van der Waals surface area contributed by atoms with E-state index in [1.54, 1.807) is 13.0 Å². The number of halogens is 3. The molecular formula is C13H14Cl2FNO2. The summed E-state index contributed by atoms with van der Waals surface area (Å²) in [5, 5.41) is 2.98. The minimum atomic E-state index is -1.29. The van der Waals surface area contributed by atoms with E-state index in [4.69, 9.17) is 27.9 Å². The smallest absolute Gasteiger partial charge is 0.330 e. The number of benzene rings is 1. The summed E-state index contributed by atoms with van der Waals surface area (Å²) in [5.41, 5.74) is -1.03. The summed E-state index contributed by atoms with van der Waals surface area (Å²) >= 11 is 11.7. The Bertz CT molecular complexity index is 508. The lowest BCUT2D eigenvalue weighted by molar-refractivity contribution is -0.148. The molecule has 0 radical (unpaired) electrons. The maximum atomic E-state index is 13.6. The Morgan fingerprint density at radius 3 is 2.68 bits per heavy atom. The van der Waals surface area contributed by atoms with E-state index in [0.29, 0.717) is 6.54 Å². The van der Waals surface area contributed by atoms with E-state index in [9.17, 15) is 9.18 Å². The Morgan fingerprint density at radius 1 is 1.53 bits per heavy atom. The van der Waals surface area contributed by atoms with Gasteiger partial charge in [-0.25, -0.2) is 9.18 Å². The molecule has 1 atom stereocenters. The third-order valence-corrected chi connectivity index (χ3v) is 3.34. The van der Waals surface area contributed by atoms with Gasteiger partial charge in [0.2, 0.25) is 0 Å². The predicted molar refractivity (Wildman–Crippen MR) is 74.0 cm³/mol. The van der Waals surface area contributed by atoms with Crippen molar-refractivity contribution >= 4 is 29.2 Å². The summed E-state index contributed by atoms with van der Waals surface area (Å²) in [4.78, 5) is 12.0. The highest BCUT2D eigenvalue weighted by Crippen LogP contribution is 2.33. The molecule has 1 aromatic rings. The Labute approximate surface area is 121 Å². The third kappa shape index (κ3) is 3.26. The van der Waals surface area contributed by atoms with E-state index in [1.165, 1.54) is 13.2 Å². The molecule has 0 aliphatic rings. The van der Waals surface area contributed by atoms with E-state index >= 15 is 0 Å². The van der Waals surface area contributed by atoms with Crippen LogP contribution in [0.2, 0.25) is 10.0 Å². The van der Waals surface area contributed by atoms with Gasteiger partial charge in [-0.3, -0.25) is 5.32 Å². The lowest BCUT2D eigenvalue weighted by atomic mass is 9.91. The SMILES string of the molecule is C=CCNC(C)(C(=O)OC)c1cc(F)c(Cl)cc1Cl. The molecule has 1 aromatic carbocycles. The molecule has 0 saturated carbocycles. The molecule has 0 aliphatic carbocycles. The van der Waals surface area contributed by atoms with Crippen LogP contribution in [0.15, 0.2) is 24.8 Å². The molecule has 0 aliphatic heterocycles. The van der Waals surface area contributed by atoms with Gasteiger partial charge in [-0.2, -0.15) is 0 Å². The number of esters is 1. The Morgan fingerprint density at radius 2 is 2.16 bits per heavy atom. The molecule has 1 N–H and O–H groups in total. The molecule has 104 valence electrons. The predicted octanol–water partition coefficient (Wildman–Crippen LogP) is 3.30. The molecule has 0 saturated heterocycles. The fraction of sp³-hybridized carbons (Fsp3) is 0.308. The van der Waals surface area contributed by atoms with Crippen LogP contribution in [-0.4, -0.2) is 19.6 Å². The number of nitrogens with one attached hydrogen (secondary N) is 1. The van der Waals surface area contributed by atoms with E-state index in [0.717, 1.165) is 6.07 Å². The number of methoxy groups -OCH3 is 1. The van der Waals surface area contributed by atoms with Crippen molar-refractivity contribution in [1.29, 1.82) is 0 Å². The quantitative estimate of drug-likeness (QED) is 0.515. The number of hydrogen-bond acceptors (Lipinski definition) is 3. The van der Waals surface area contributed by atoms with Crippen LogP contribution in [-0.2, 0) is 15.1 Å². The topological polar surface area (TPSA) is 38.3 Å². The van der Waals surface area contributed by atoms with Crippen LogP contribution >= 0.6 is 23.2 Å². The number of ether oxygens (including phenoxy) is 1. The largest absolute Gasteiger partial charge is 0.467 e. The molecule has 1 unspecified atom stereocenters. The van der Waals surface area contributed by atoms with Crippen molar-refractivity contribution in [2.75, 3.05) is 13.7 Å². The molecule has 1 rings (SSSR count). The summed E-state index contributed by atoms with van der Waals surface area (Å²) < 4.78 is 18.3. The monoisotopic (exact) mass is 305 g/mol. The summed E-state index contributed by atoms with van der Waals surface area (Å²) in [5.74, 6) is -1.24. The molecule has 0 spiro atoms. The van der Waals surface area contributed by atoms with Crippen LogP contribution in [0, 0.1) is 5.82 Å². The first kappa shape index (κ1) is 16.0. The third-order valence-electron chi connectivity index (χ3n) is 2.74. The van der Waals surface area contributed by atoms with E-state index in [-0.39, 0.29) is 15.6 Å². The van der Waals surface area contributed by atoms with Crippen molar-refractivity contribution in [2.45, 2.75) is 12.5 Å². The molecule has 19 heavy (non-hydrogen) atoms. The second-order valence-electron chi connectivity index (χ2n) is 4.03. The van der Waals surface area contributed by atoms with Gasteiger partial charge in [-0.1, -0.05) is 29.3 Å². The van der Waals surface area contributed by atoms with Crippen LogP contribution in [0.3, 0.4) is 0 Å². The average Bonchev–Trinajstić information content (AvgIpc) is 2.39. The first-order valence-electron chi connectivity index (χ1n) is 5.46. The van der Waals surface area contributed by atoms with Crippen molar-refractivity contribution < 1.29 is 13.9 Å². The standard InChI is InChI=1S/C13H14Cl2FNO2/c1-4-5-17-13(2,12(18)19-3)8-6-11(16)10(15)7-9(8)14/h4,6-7,17H,1,5H2,2-3H3. The molecular weight excluding hydrogens is 292 g/mol. The zero-order valence-electron chi connectivity index (χ0n) is 10.6. The van der Waals surface area contributed by atoms with Gasteiger partial charge >= 0.3 is 5.97 Å². The maximum absolute atomic E-state index is 13.6. The number of rotatable bonds is 5. The first-order chi connectivity index (χ1) is 8.86. The fourth-order valence-electron chi connectivity index (χ4n) is 1.66. The van der Waals surface area contributed by atoms with Gasteiger partial charge in [0.25, 0.3) is 0 Å². The summed E-state index contributed by atoms with van der Waals surface area (Å²) in [6, 6.07) is 2.38. The Kier molecular flexibility index (Phi) is 5.35. The highest BCUT2D eigenvalue weighted by atomic mass is 35.5. The minimum Gasteiger partial charge on any atom is -0.467 e. The fourth-order valence-corrected chi connectivity index (χ4v) is 2.24. The maximum Gasteiger partial charge on any atom is 0.330 e. The molecule has 3 nitrogen and oxygen atoms in total. The lowest BCUT2D eigenvalue weighted by Crippen LogP contribution is -2.47. The van der Waals surface area contributed by atoms with Crippen molar-refractivity contribution in [3.05, 3.63) is 46.2 Å².